The largest absolute Gasteiger partial charge is 0.415 e. The van der Waals surface area contributed by atoms with Crippen molar-refractivity contribution in [2.45, 2.75) is 39.2 Å². The van der Waals surface area contributed by atoms with Gasteiger partial charge in [0.2, 0.25) is 5.88 Å². The number of benzene rings is 1. The number of hydrogen-bond acceptors (Lipinski definition) is 5. The number of aryl methyl sites for hydroxylation is 3. The van der Waals surface area contributed by atoms with Gasteiger partial charge in [0.25, 0.3) is 0 Å². The van der Waals surface area contributed by atoms with Crippen LogP contribution >= 0.6 is 11.3 Å². The Bertz CT molecular complexity index is 887. The minimum atomic E-state index is -2.91. The molecule has 0 fully saturated rings. The number of alkyl halides is 2. The van der Waals surface area contributed by atoms with Crippen LogP contribution in [0.1, 0.15) is 29.0 Å². The van der Waals surface area contributed by atoms with Gasteiger partial charge in [0.1, 0.15) is 5.01 Å². The van der Waals surface area contributed by atoms with E-state index in [1.807, 2.05) is 19.1 Å². The highest BCUT2D eigenvalue weighted by molar-refractivity contribution is 7.15. The van der Waals surface area contributed by atoms with Gasteiger partial charge in [-0.3, -0.25) is 0 Å². The number of thiazole rings is 1. The normalized spacial score (nSPS) is 14.2. The average molecular weight is 347 g/mol. The number of hydrogen-bond donors (Lipinski definition) is 0. The first-order valence-electron chi connectivity index (χ1n) is 7.81. The van der Waals surface area contributed by atoms with Crippen LogP contribution in [-0.4, -0.2) is 21.6 Å². The first-order valence-corrected chi connectivity index (χ1v) is 8.63. The maximum absolute atomic E-state index is 12.4. The zero-order valence-electron chi connectivity index (χ0n) is 13.1. The highest BCUT2D eigenvalue weighted by Gasteiger charge is 2.19. The highest BCUT2D eigenvalue weighted by atomic mass is 32.1. The summed E-state index contributed by atoms with van der Waals surface area (Å²) in [4.78, 5) is 14.6. The van der Waals surface area contributed by atoms with E-state index >= 15 is 0 Å². The molecule has 0 unspecified atom stereocenters. The van der Waals surface area contributed by atoms with Crippen LogP contribution in [0.25, 0.3) is 21.6 Å². The molecule has 1 aliphatic carbocycles. The van der Waals surface area contributed by atoms with Crippen molar-refractivity contribution in [3.8, 4) is 16.5 Å². The van der Waals surface area contributed by atoms with Gasteiger partial charge in [0.15, 0.2) is 0 Å². The summed E-state index contributed by atoms with van der Waals surface area (Å²) in [5.41, 5.74) is 4.26. The molecule has 2 heterocycles. The van der Waals surface area contributed by atoms with Gasteiger partial charge in [-0.25, -0.2) is 15.0 Å². The lowest BCUT2D eigenvalue weighted by Crippen LogP contribution is -2.04. The second kappa shape index (κ2) is 6.05. The summed E-state index contributed by atoms with van der Waals surface area (Å²) in [5.74, 6) is -0.174. The predicted octanol–water partition coefficient (Wildman–Crippen LogP) is 4.54. The third kappa shape index (κ3) is 2.84. The van der Waals surface area contributed by atoms with Crippen LogP contribution in [0.2, 0.25) is 0 Å². The molecule has 0 radical (unpaired) electrons. The molecule has 0 bridgehead atoms. The molecule has 124 valence electrons. The molecule has 24 heavy (non-hydrogen) atoms. The van der Waals surface area contributed by atoms with Crippen molar-refractivity contribution < 1.29 is 13.5 Å². The van der Waals surface area contributed by atoms with E-state index in [0.29, 0.717) is 11.0 Å². The Balaban J connectivity index is 1.84. The van der Waals surface area contributed by atoms with E-state index in [-0.39, 0.29) is 5.88 Å². The van der Waals surface area contributed by atoms with Gasteiger partial charge in [0, 0.05) is 10.4 Å². The van der Waals surface area contributed by atoms with Crippen LogP contribution in [0.15, 0.2) is 18.3 Å². The summed E-state index contributed by atoms with van der Waals surface area (Å²) >= 11 is 1.70. The van der Waals surface area contributed by atoms with E-state index < -0.39 is 6.61 Å². The molecular formula is C17H15F2N3OS. The van der Waals surface area contributed by atoms with Crippen molar-refractivity contribution in [1.29, 1.82) is 0 Å². The van der Waals surface area contributed by atoms with Crippen LogP contribution in [0.3, 0.4) is 0 Å². The van der Waals surface area contributed by atoms with Gasteiger partial charge < -0.3 is 4.74 Å². The molecule has 2 aromatic heterocycles. The third-order valence-corrected chi connectivity index (χ3v) is 5.25. The molecule has 4 rings (SSSR count). The molecular weight excluding hydrogens is 332 g/mol. The Labute approximate surface area is 141 Å². The molecule has 7 heteroatoms. The molecule has 0 atom stereocenters. The summed E-state index contributed by atoms with van der Waals surface area (Å²) in [6.45, 7) is -0.967. The van der Waals surface area contributed by atoms with Gasteiger partial charge in [-0.05, 0) is 50.3 Å². The molecule has 1 aliphatic rings. The predicted molar refractivity (Wildman–Crippen MR) is 88.7 cm³/mol. The first kappa shape index (κ1) is 15.4. The minimum Gasteiger partial charge on any atom is -0.415 e. The maximum Gasteiger partial charge on any atom is 0.388 e. The lowest BCUT2D eigenvalue weighted by atomic mass is 10.0. The Morgan fingerprint density at radius 1 is 1.17 bits per heavy atom. The Morgan fingerprint density at radius 2 is 2.00 bits per heavy atom. The Hall–Kier alpha value is -2.15. The summed E-state index contributed by atoms with van der Waals surface area (Å²) in [5, 5.41) is 0.924. The number of fused-ring (bicyclic) bond motifs is 2. The zero-order valence-corrected chi connectivity index (χ0v) is 13.9. The number of rotatable bonds is 3. The molecule has 4 nitrogen and oxygen atoms in total. The summed E-state index contributed by atoms with van der Waals surface area (Å²) < 4.78 is 29.1. The Morgan fingerprint density at radius 3 is 2.79 bits per heavy atom. The van der Waals surface area contributed by atoms with Crippen molar-refractivity contribution in [3.05, 3.63) is 34.5 Å². The second-order valence-corrected chi connectivity index (χ2v) is 6.95. The molecule has 0 aliphatic heterocycles. The molecule has 0 N–H and O–H groups in total. The van der Waals surface area contributed by atoms with Crippen molar-refractivity contribution in [2.75, 3.05) is 0 Å². The van der Waals surface area contributed by atoms with Crippen LogP contribution in [0, 0.1) is 6.92 Å². The van der Waals surface area contributed by atoms with Crippen LogP contribution in [-0.2, 0) is 12.8 Å². The SMILES string of the molecule is Cc1cc(-c2nc3c(s2)CCCC3)c2ncc(OC(F)F)nc2c1. The topological polar surface area (TPSA) is 47.9 Å². The van der Waals surface area contributed by atoms with E-state index in [4.69, 9.17) is 4.98 Å². The minimum absolute atomic E-state index is 0.174. The molecule has 1 aromatic carbocycles. The molecule has 0 spiro atoms. The van der Waals surface area contributed by atoms with Crippen LogP contribution in [0.5, 0.6) is 5.88 Å². The van der Waals surface area contributed by atoms with E-state index in [2.05, 4.69) is 14.7 Å². The number of halogens is 2. The summed E-state index contributed by atoms with van der Waals surface area (Å²) in [6, 6.07) is 3.84. The van der Waals surface area contributed by atoms with E-state index in [1.165, 1.54) is 29.6 Å². The second-order valence-electron chi connectivity index (χ2n) is 5.86. The van der Waals surface area contributed by atoms with Crippen molar-refractivity contribution in [2.24, 2.45) is 0 Å². The van der Waals surface area contributed by atoms with Gasteiger partial charge in [-0.2, -0.15) is 8.78 Å². The number of nitrogens with zero attached hydrogens (tertiary/aromatic N) is 3. The van der Waals surface area contributed by atoms with Crippen molar-refractivity contribution in [3.63, 3.8) is 0 Å². The summed E-state index contributed by atoms with van der Waals surface area (Å²) in [6.07, 6.45) is 5.72. The maximum atomic E-state index is 12.4. The fourth-order valence-electron chi connectivity index (χ4n) is 3.03. The molecule has 0 saturated heterocycles. The average Bonchev–Trinajstić information content (AvgIpc) is 2.97. The highest BCUT2D eigenvalue weighted by Crippen LogP contribution is 2.36. The summed E-state index contributed by atoms with van der Waals surface area (Å²) in [7, 11) is 0. The quantitative estimate of drug-likeness (QED) is 0.698. The fourth-order valence-corrected chi connectivity index (χ4v) is 4.19. The van der Waals surface area contributed by atoms with E-state index in [0.717, 1.165) is 29.0 Å². The van der Waals surface area contributed by atoms with Gasteiger partial charge in [-0.1, -0.05) is 0 Å². The van der Waals surface area contributed by atoms with Crippen LogP contribution in [0.4, 0.5) is 8.78 Å². The van der Waals surface area contributed by atoms with Crippen molar-refractivity contribution >= 4 is 22.4 Å². The van der Waals surface area contributed by atoms with E-state index in [1.54, 1.807) is 11.3 Å². The first-order chi connectivity index (χ1) is 11.6. The molecule has 0 saturated carbocycles. The molecule has 3 aromatic rings. The van der Waals surface area contributed by atoms with Gasteiger partial charge in [-0.15, -0.1) is 11.3 Å². The molecule has 0 amide bonds. The smallest absolute Gasteiger partial charge is 0.388 e. The van der Waals surface area contributed by atoms with Gasteiger partial charge >= 0.3 is 6.61 Å². The lowest BCUT2D eigenvalue weighted by molar-refractivity contribution is -0.0528. The van der Waals surface area contributed by atoms with Crippen molar-refractivity contribution in [1.82, 2.24) is 15.0 Å². The Kier molecular flexibility index (Phi) is 3.88. The monoisotopic (exact) mass is 347 g/mol. The number of aromatic nitrogens is 3. The lowest BCUT2D eigenvalue weighted by Gasteiger charge is -2.07. The number of ether oxygens (including phenoxy) is 1. The zero-order chi connectivity index (χ0) is 16.7. The standard InChI is InChI=1S/C17H15F2N3OS/c1-9-6-10(16-22-11-4-2-3-5-13(11)24-16)15-12(7-9)21-14(8-20-15)23-17(18)19/h6-8,17H,2-5H2,1H3. The van der Waals surface area contributed by atoms with E-state index in [9.17, 15) is 8.78 Å². The fraction of sp³-hybridized carbons (Fsp3) is 0.353. The van der Waals surface area contributed by atoms with Gasteiger partial charge in [0.05, 0.1) is 22.9 Å². The third-order valence-electron chi connectivity index (χ3n) is 4.05. The van der Waals surface area contributed by atoms with Crippen LogP contribution < -0.4 is 4.74 Å².